The van der Waals surface area contributed by atoms with Crippen LogP contribution in [0.15, 0.2) is 40.9 Å². The van der Waals surface area contributed by atoms with Crippen molar-refractivity contribution in [1.82, 2.24) is 0 Å². The van der Waals surface area contributed by atoms with Gasteiger partial charge in [0.15, 0.2) is 0 Å². The molecule has 0 bridgehead atoms. The van der Waals surface area contributed by atoms with E-state index in [0.29, 0.717) is 15.6 Å². The quantitative estimate of drug-likeness (QED) is 0.400. The summed E-state index contributed by atoms with van der Waals surface area (Å²) in [7, 11) is 0. The van der Waals surface area contributed by atoms with Crippen LogP contribution in [-0.2, 0) is 5.33 Å². The standard InChI is InChI=1S/C13H8Br2FNO3/c14-7-8-1-3-12(10(15)5-8)20-13-4-2-9(16)6-11(13)17(18)19/h1-6H,7H2. The molecular formula is C13H8Br2FNO3. The second-order valence-corrected chi connectivity index (χ2v) is 5.28. The summed E-state index contributed by atoms with van der Waals surface area (Å²) >= 11 is 6.66. The lowest BCUT2D eigenvalue weighted by atomic mass is 10.2. The molecular weight excluding hydrogens is 397 g/mol. The smallest absolute Gasteiger partial charge is 0.314 e. The summed E-state index contributed by atoms with van der Waals surface area (Å²) in [5, 5.41) is 11.6. The summed E-state index contributed by atoms with van der Waals surface area (Å²) in [6, 6.07) is 8.52. The maximum Gasteiger partial charge on any atom is 0.314 e. The van der Waals surface area contributed by atoms with Gasteiger partial charge in [-0.05, 0) is 45.8 Å². The number of hydrogen-bond donors (Lipinski definition) is 0. The summed E-state index contributed by atoms with van der Waals surface area (Å²) in [6.45, 7) is 0. The van der Waals surface area contributed by atoms with Gasteiger partial charge in [-0.2, -0.15) is 0 Å². The molecule has 2 aromatic rings. The first-order chi connectivity index (χ1) is 9.51. The summed E-state index contributed by atoms with van der Waals surface area (Å²) in [5.41, 5.74) is 0.610. The first-order valence-electron chi connectivity index (χ1n) is 5.47. The van der Waals surface area contributed by atoms with E-state index in [1.54, 1.807) is 6.07 Å². The molecule has 0 aliphatic rings. The van der Waals surface area contributed by atoms with Crippen LogP contribution in [0.3, 0.4) is 0 Å². The second kappa shape index (κ2) is 6.32. The van der Waals surface area contributed by atoms with Crippen LogP contribution >= 0.6 is 31.9 Å². The molecule has 4 nitrogen and oxygen atoms in total. The van der Waals surface area contributed by atoms with Gasteiger partial charge in [-0.15, -0.1) is 0 Å². The van der Waals surface area contributed by atoms with Gasteiger partial charge in [0.1, 0.15) is 11.6 Å². The Hall–Kier alpha value is -1.47. The number of nitro groups is 1. The SMILES string of the molecule is O=[N+]([O-])c1cc(F)ccc1Oc1ccc(CBr)cc1Br. The fourth-order valence-electron chi connectivity index (χ4n) is 1.55. The van der Waals surface area contributed by atoms with E-state index in [9.17, 15) is 14.5 Å². The molecule has 0 aromatic heterocycles. The number of nitro benzene ring substituents is 1. The molecule has 0 aliphatic heterocycles. The lowest BCUT2D eigenvalue weighted by molar-refractivity contribution is -0.385. The van der Waals surface area contributed by atoms with Gasteiger partial charge in [0.2, 0.25) is 5.75 Å². The minimum absolute atomic E-state index is 0.0105. The monoisotopic (exact) mass is 403 g/mol. The van der Waals surface area contributed by atoms with Crippen molar-refractivity contribution in [2.45, 2.75) is 5.33 Å². The zero-order valence-electron chi connectivity index (χ0n) is 9.98. The summed E-state index contributed by atoms with van der Waals surface area (Å²) in [5.74, 6) is -0.272. The Morgan fingerprint density at radius 1 is 1.20 bits per heavy atom. The molecule has 0 saturated heterocycles. The van der Waals surface area contributed by atoms with E-state index in [0.717, 1.165) is 17.7 Å². The van der Waals surface area contributed by atoms with E-state index in [1.165, 1.54) is 6.07 Å². The van der Waals surface area contributed by atoms with Gasteiger partial charge in [0.05, 0.1) is 15.5 Å². The second-order valence-electron chi connectivity index (χ2n) is 3.87. The van der Waals surface area contributed by atoms with E-state index in [1.807, 2.05) is 12.1 Å². The maximum atomic E-state index is 13.0. The number of alkyl halides is 1. The van der Waals surface area contributed by atoms with Gasteiger partial charge in [-0.25, -0.2) is 4.39 Å². The molecule has 104 valence electrons. The molecule has 2 rings (SSSR count). The van der Waals surface area contributed by atoms with Crippen LogP contribution < -0.4 is 4.74 Å². The summed E-state index contributed by atoms with van der Waals surface area (Å²) in [6.07, 6.45) is 0. The van der Waals surface area contributed by atoms with E-state index >= 15 is 0 Å². The van der Waals surface area contributed by atoms with Crippen molar-refractivity contribution in [3.8, 4) is 11.5 Å². The van der Waals surface area contributed by atoms with Crippen molar-refractivity contribution in [1.29, 1.82) is 0 Å². The van der Waals surface area contributed by atoms with Crippen molar-refractivity contribution >= 4 is 37.5 Å². The zero-order chi connectivity index (χ0) is 14.7. The topological polar surface area (TPSA) is 52.4 Å². The number of ether oxygens (including phenoxy) is 1. The predicted molar refractivity (Wildman–Crippen MR) is 79.9 cm³/mol. The van der Waals surface area contributed by atoms with E-state index < -0.39 is 16.4 Å². The number of nitrogens with zero attached hydrogens (tertiary/aromatic N) is 1. The molecule has 0 saturated carbocycles. The Morgan fingerprint density at radius 2 is 1.90 bits per heavy atom. The van der Waals surface area contributed by atoms with E-state index in [4.69, 9.17) is 4.74 Å². The van der Waals surface area contributed by atoms with Gasteiger partial charge in [0.25, 0.3) is 0 Å². The molecule has 0 amide bonds. The molecule has 0 atom stereocenters. The Labute approximate surface area is 131 Å². The van der Waals surface area contributed by atoms with Crippen molar-refractivity contribution in [2.24, 2.45) is 0 Å². The van der Waals surface area contributed by atoms with Gasteiger partial charge in [-0.3, -0.25) is 10.1 Å². The van der Waals surface area contributed by atoms with Crippen LogP contribution in [-0.4, -0.2) is 4.92 Å². The van der Waals surface area contributed by atoms with E-state index in [2.05, 4.69) is 31.9 Å². The minimum Gasteiger partial charge on any atom is -0.449 e. The van der Waals surface area contributed by atoms with E-state index in [-0.39, 0.29) is 5.75 Å². The van der Waals surface area contributed by atoms with Crippen molar-refractivity contribution in [3.63, 3.8) is 0 Å². The van der Waals surface area contributed by atoms with Gasteiger partial charge >= 0.3 is 5.69 Å². The van der Waals surface area contributed by atoms with Crippen LogP contribution in [0.25, 0.3) is 0 Å². The zero-order valence-corrected chi connectivity index (χ0v) is 13.1. The number of rotatable bonds is 4. The average molecular weight is 405 g/mol. The fraction of sp³-hybridized carbons (Fsp3) is 0.0769. The summed E-state index contributed by atoms with van der Waals surface area (Å²) < 4.78 is 19.2. The highest BCUT2D eigenvalue weighted by molar-refractivity contribution is 9.10. The molecule has 0 unspecified atom stereocenters. The third-order valence-electron chi connectivity index (χ3n) is 2.49. The lowest BCUT2D eigenvalue weighted by Gasteiger charge is -2.09. The van der Waals surface area contributed by atoms with Crippen molar-refractivity contribution < 1.29 is 14.1 Å². The highest BCUT2D eigenvalue weighted by Gasteiger charge is 2.17. The molecule has 0 heterocycles. The number of hydrogen-bond acceptors (Lipinski definition) is 3. The largest absolute Gasteiger partial charge is 0.449 e. The molecule has 0 fully saturated rings. The van der Waals surface area contributed by atoms with Crippen LogP contribution in [0.5, 0.6) is 11.5 Å². The lowest BCUT2D eigenvalue weighted by Crippen LogP contribution is -1.95. The molecule has 0 N–H and O–H groups in total. The number of halogens is 3. The minimum atomic E-state index is -0.683. The van der Waals surface area contributed by atoms with Crippen LogP contribution in [0.2, 0.25) is 0 Å². The molecule has 7 heteroatoms. The number of benzene rings is 2. The maximum absolute atomic E-state index is 13.0. The summed E-state index contributed by atoms with van der Waals surface area (Å²) in [4.78, 5) is 10.2. The fourth-order valence-corrected chi connectivity index (χ4v) is 2.40. The van der Waals surface area contributed by atoms with Crippen LogP contribution in [0.1, 0.15) is 5.56 Å². The highest BCUT2D eigenvalue weighted by atomic mass is 79.9. The molecule has 20 heavy (non-hydrogen) atoms. The van der Waals surface area contributed by atoms with Gasteiger partial charge < -0.3 is 4.74 Å². The van der Waals surface area contributed by atoms with Gasteiger partial charge in [0, 0.05) is 5.33 Å². The van der Waals surface area contributed by atoms with Crippen LogP contribution in [0.4, 0.5) is 10.1 Å². The Bertz CT molecular complexity index is 664. The normalized spacial score (nSPS) is 10.3. The molecule has 0 spiro atoms. The highest BCUT2D eigenvalue weighted by Crippen LogP contribution is 2.35. The van der Waals surface area contributed by atoms with Crippen molar-refractivity contribution in [3.05, 3.63) is 62.4 Å². The van der Waals surface area contributed by atoms with Crippen molar-refractivity contribution in [2.75, 3.05) is 0 Å². The average Bonchev–Trinajstić information content (AvgIpc) is 2.42. The Kier molecular flexibility index (Phi) is 4.72. The predicted octanol–water partition coefficient (Wildman–Crippen LogP) is 5.18. The Morgan fingerprint density at radius 3 is 2.50 bits per heavy atom. The first kappa shape index (κ1) is 14.9. The molecule has 0 radical (unpaired) electrons. The third-order valence-corrected chi connectivity index (χ3v) is 3.76. The molecule has 2 aromatic carbocycles. The van der Waals surface area contributed by atoms with Gasteiger partial charge in [-0.1, -0.05) is 22.0 Å². The third kappa shape index (κ3) is 3.34. The first-order valence-corrected chi connectivity index (χ1v) is 7.39. The Balaban J connectivity index is 2.37. The van der Waals surface area contributed by atoms with Crippen LogP contribution in [0, 0.1) is 15.9 Å². The molecule has 0 aliphatic carbocycles.